The topological polar surface area (TPSA) is 329 Å². The number of hydrogen-bond donors (Lipinski definition) is 10. The molecule has 0 aliphatic carbocycles. The van der Waals surface area contributed by atoms with Crippen LogP contribution in [0.15, 0.2) is 40.3 Å². The molecule has 1 aromatic rings. The summed E-state index contributed by atoms with van der Waals surface area (Å²) in [6, 6.07) is 2.35. The van der Waals surface area contributed by atoms with E-state index in [0.29, 0.717) is 31.4 Å². The Hall–Kier alpha value is -5.46. The highest BCUT2D eigenvalue weighted by molar-refractivity contribution is 5.96. The molecule has 19 heteroatoms. The quantitative estimate of drug-likeness (QED) is 0.0340. The number of aliphatic carboxylic acids is 1. The minimum absolute atomic E-state index is 0.0144. The number of likely N-dealkylation sites (tertiary alicyclic amines) is 1. The van der Waals surface area contributed by atoms with Crippen molar-refractivity contribution in [3.8, 4) is 0 Å². The van der Waals surface area contributed by atoms with E-state index < -0.39 is 71.8 Å². The molecule has 0 bridgehead atoms. The molecule has 0 saturated carbocycles. The summed E-state index contributed by atoms with van der Waals surface area (Å²) in [6.07, 6.45) is 2.08. The highest BCUT2D eigenvalue weighted by Crippen LogP contribution is 2.20. The largest absolute Gasteiger partial charge is 0.480 e. The van der Waals surface area contributed by atoms with E-state index in [-0.39, 0.29) is 68.9 Å². The standard InChI is InChI=1S/C37H62N12O7/c1-5-22(4)29(33(53)47-26(20-23-12-7-6-8-13-23)31(51)46-25(35(55)56)15-10-18-44-37(41)42)48-30(50)24(14-9-17-43-36(39)40)45-32(52)27-16-11-19-49(27)34(54)28(38)21(2)3/h6-8,12-13,21-22,24-29H,5,9-11,14-20,38H2,1-4H3,(H,45,52)(H,46,51)(H,47,53)(H,48,50)(H,55,56)(H4,39,40,43)(H4,41,42,44)/t22-,24-,25-,26-,27-,28-,29-/m0/s1. The van der Waals surface area contributed by atoms with Crippen LogP contribution in [0.2, 0.25) is 0 Å². The van der Waals surface area contributed by atoms with Crippen LogP contribution in [-0.4, -0.2) is 113 Å². The van der Waals surface area contributed by atoms with Crippen LogP contribution in [0.4, 0.5) is 0 Å². The van der Waals surface area contributed by atoms with Gasteiger partial charge in [0.05, 0.1) is 6.04 Å². The predicted octanol–water partition coefficient (Wildman–Crippen LogP) is -1.62. The highest BCUT2D eigenvalue weighted by Gasteiger charge is 2.39. The molecule has 15 N–H and O–H groups in total. The summed E-state index contributed by atoms with van der Waals surface area (Å²) >= 11 is 0. The van der Waals surface area contributed by atoms with Crippen molar-refractivity contribution in [1.82, 2.24) is 26.2 Å². The molecule has 0 radical (unpaired) electrons. The Morgan fingerprint density at radius 1 is 0.804 bits per heavy atom. The Morgan fingerprint density at radius 2 is 1.36 bits per heavy atom. The Bertz CT molecular complexity index is 1530. The van der Waals surface area contributed by atoms with Gasteiger partial charge < -0.3 is 59.9 Å². The molecule has 1 aliphatic rings. The fraction of sp³-hybridized carbons (Fsp3) is 0.622. The number of carbonyl (C=O) groups excluding carboxylic acids is 5. The van der Waals surface area contributed by atoms with Crippen LogP contribution < -0.4 is 49.9 Å². The SMILES string of the molecule is CC[C@H](C)[C@H](NC(=O)[C@H](CCCN=C(N)N)NC(=O)[C@@H]1CCCN1C(=O)[C@@H](N)C(C)C)C(=O)N[C@@H](Cc1ccccc1)C(=O)N[C@@H](CCCN=C(N)N)C(=O)O. The molecule has 1 heterocycles. The van der Waals surface area contributed by atoms with Gasteiger partial charge in [0.2, 0.25) is 29.5 Å². The number of amides is 5. The summed E-state index contributed by atoms with van der Waals surface area (Å²) in [7, 11) is 0. The average Bonchev–Trinajstić information content (AvgIpc) is 3.65. The number of carboxylic acid groups (broad SMARTS) is 1. The van der Waals surface area contributed by atoms with Crippen molar-refractivity contribution < 1.29 is 33.9 Å². The average molecular weight is 787 g/mol. The van der Waals surface area contributed by atoms with E-state index in [9.17, 15) is 33.9 Å². The maximum atomic E-state index is 14.1. The lowest BCUT2D eigenvalue weighted by Gasteiger charge is -2.31. The molecule has 1 aliphatic heterocycles. The van der Waals surface area contributed by atoms with E-state index in [2.05, 4.69) is 31.3 Å². The second-order valence-electron chi connectivity index (χ2n) is 14.4. The van der Waals surface area contributed by atoms with E-state index in [1.54, 1.807) is 37.3 Å². The number of nitrogens with zero attached hydrogens (tertiary/aromatic N) is 3. The lowest BCUT2D eigenvalue weighted by molar-refractivity contribution is -0.142. The summed E-state index contributed by atoms with van der Waals surface area (Å²) in [5.41, 5.74) is 28.5. The lowest BCUT2D eigenvalue weighted by Crippen LogP contribution is -2.60. The number of guanidine groups is 2. The molecule has 312 valence electrons. The summed E-state index contributed by atoms with van der Waals surface area (Å²) in [5.74, 6) is -5.16. The minimum Gasteiger partial charge on any atom is -0.480 e. The number of carboxylic acids is 1. The second kappa shape index (κ2) is 23.5. The first kappa shape index (κ1) is 46.7. The van der Waals surface area contributed by atoms with Gasteiger partial charge >= 0.3 is 5.97 Å². The summed E-state index contributed by atoms with van der Waals surface area (Å²) < 4.78 is 0. The van der Waals surface area contributed by atoms with Gasteiger partial charge in [-0.25, -0.2) is 4.79 Å². The van der Waals surface area contributed by atoms with Crippen LogP contribution in [0.1, 0.15) is 78.2 Å². The molecule has 19 nitrogen and oxygen atoms in total. The van der Waals surface area contributed by atoms with E-state index in [1.807, 2.05) is 20.8 Å². The maximum absolute atomic E-state index is 14.1. The number of aliphatic imine (C=N–C) groups is 2. The number of carbonyl (C=O) groups is 6. The first-order valence-corrected chi connectivity index (χ1v) is 19.1. The lowest BCUT2D eigenvalue weighted by atomic mass is 9.96. The predicted molar refractivity (Wildman–Crippen MR) is 212 cm³/mol. The van der Waals surface area contributed by atoms with Gasteiger partial charge in [-0.3, -0.25) is 34.0 Å². The van der Waals surface area contributed by atoms with E-state index in [4.69, 9.17) is 28.7 Å². The van der Waals surface area contributed by atoms with Crippen LogP contribution in [0.25, 0.3) is 0 Å². The Balaban J connectivity index is 2.34. The fourth-order valence-electron chi connectivity index (χ4n) is 6.13. The van der Waals surface area contributed by atoms with E-state index in [1.165, 1.54) is 4.90 Å². The molecule has 0 unspecified atom stereocenters. The molecule has 0 spiro atoms. The molecule has 2 rings (SSSR count). The number of benzene rings is 1. The molecule has 0 aromatic heterocycles. The third-order valence-corrected chi connectivity index (χ3v) is 9.69. The van der Waals surface area contributed by atoms with Gasteiger partial charge in [0, 0.05) is 26.1 Å². The summed E-state index contributed by atoms with van der Waals surface area (Å²) in [6.45, 7) is 7.87. The van der Waals surface area contributed by atoms with Gasteiger partial charge in [-0.1, -0.05) is 64.4 Å². The van der Waals surface area contributed by atoms with Crippen LogP contribution >= 0.6 is 0 Å². The number of hydrogen-bond acceptors (Lipinski definition) is 9. The molecule has 1 fully saturated rings. The van der Waals surface area contributed by atoms with Crippen molar-refractivity contribution in [2.45, 2.75) is 115 Å². The smallest absolute Gasteiger partial charge is 0.326 e. The fourth-order valence-corrected chi connectivity index (χ4v) is 6.13. The van der Waals surface area contributed by atoms with Gasteiger partial charge in [-0.2, -0.15) is 0 Å². The van der Waals surface area contributed by atoms with Crippen LogP contribution in [0.5, 0.6) is 0 Å². The monoisotopic (exact) mass is 786 g/mol. The van der Waals surface area contributed by atoms with Crippen molar-refractivity contribution in [2.75, 3.05) is 19.6 Å². The third kappa shape index (κ3) is 15.3. The summed E-state index contributed by atoms with van der Waals surface area (Å²) in [5, 5.41) is 20.7. The highest BCUT2D eigenvalue weighted by atomic mass is 16.4. The number of rotatable bonds is 23. The third-order valence-electron chi connectivity index (χ3n) is 9.69. The van der Waals surface area contributed by atoms with Crippen molar-refractivity contribution in [3.63, 3.8) is 0 Å². The number of nitrogens with two attached hydrogens (primary N) is 5. The van der Waals surface area contributed by atoms with E-state index in [0.717, 1.165) is 0 Å². The molecule has 1 aromatic carbocycles. The minimum atomic E-state index is -1.30. The van der Waals surface area contributed by atoms with Crippen molar-refractivity contribution in [1.29, 1.82) is 0 Å². The van der Waals surface area contributed by atoms with Gasteiger partial charge in [0.25, 0.3) is 0 Å². The Morgan fingerprint density at radius 3 is 1.89 bits per heavy atom. The molecular formula is C37H62N12O7. The van der Waals surface area contributed by atoms with Gasteiger partial charge in [-0.05, 0) is 55.9 Å². The zero-order chi connectivity index (χ0) is 41.9. The molecular weight excluding hydrogens is 724 g/mol. The normalized spacial score (nSPS) is 17.0. The van der Waals surface area contributed by atoms with Gasteiger partial charge in [0.15, 0.2) is 11.9 Å². The molecule has 7 atom stereocenters. The maximum Gasteiger partial charge on any atom is 0.326 e. The Kier molecular flexibility index (Phi) is 19.6. The van der Waals surface area contributed by atoms with Crippen LogP contribution in [0, 0.1) is 11.8 Å². The zero-order valence-corrected chi connectivity index (χ0v) is 32.9. The van der Waals surface area contributed by atoms with Crippen molar-refractivity contribution in [2.24, 2.45) is 50.5 Å². The Labute approximate surface area is 328 Å². The summed E-state index contributed by atoms with van der Waals surface area (Å²) in [4.78, 5) is 89.9. The molecule has 5 amide bonds. The van der Waals surface area contributed by atoms with Crippen LogP contribution in [0.3, 0.4) is 0 Å². The van der Waals surface area contributed by atoms with Gasteiger partial charge in [0.1, 0.15) is 30.2 Å². The molecule has 1 saturated heterocycles. The van der Waals surface area contributed by atoms with Gasteiger partial charge in [-0.15, -0.1) is 0 Å². The van der Waals surface area contributed by atoms with E-state index >= 15 is 0 Å². The second-order valence-corrected chi connectivity index (χ2v) is 14.4. The molecule has 56 heavy (non-hydrogen) atoms. The zero-order valence-electron chi connectivity index (χ0n) is 32.9. The number of nitrogens with one attached hydrogen (secondary N) is 4. The van der Waals surface area contributed by atoms with Crippen molar-refractivity contribution >= 4 is 47.4 Å². The first-order chi connectivity index (χ1) is 26.5. The van der Waals surface area contributed by atoms with Crippen LogP contribution in [-0.2, 0) is 35.2 Å². The first-order valence-electron chi connectivity index (χ1n) is 19.1. The van der Waals surface area contributed by atoms with Crippen molar-refractivity contribution in [3.05, 3.63) is 35.9 Å².